The summed E-state index contributed by atoms with van der Waals surface area (Å²) in [5, 5.41) is 0. The van der Waals surface area contributed by atoms with E-state index in [2.05, 4.69) is 10.9 Å². The summed E-state index contributed by atoms with van der Waals surface area (Å²) in [6, 6.07) is 6.23. The maximum absolute atomic E-state index is 12.3. The SMILES string of the molecule is COc1ccc(OCC(=O)NNC(=O)[C@@H]2CS[C@@]3(C)CCC(=O)N23)cc1. The molecule has 1 aromatic carbocycles. The van der Waals surface area contributed by atoms with Gasteiger partial charge in [-0.25, -0.2) is 0 Å². The van der Waals surface area contributed by atoms with Gasteiger partial charge in [-0.2, -0.15) is 0 Å². The second-order valence-corrected chi connectivity index (χ2v) is 7.77. The van der Waals surface area contributed by atoms with Crippen LogP contribution in [0.15, 0.2) is 24.3 Å². The normalized spacial score (nSPS) is 24.2. The van der Waals surface area contributed by atoms with E-state index in [-0.39, 0.29) is 17.4 Å². The maximum Gasteiger partial charge on any atom is 0.276 e. The molecule has 2 aliphatic heterocycles. The van der Waals surface area contributed by atoms with Crippen molar-refractivity contribution in [3.05, 3.63) is 24.3 Å². The van der Waals surface area contributed by atoms with Gasteiger partial charge in [0.25, 0.3) is 11.8 Å². The number of ether oxygens (including phenoxy) is 2. The number of thioether (sulfide) groups is 1. The molecule has 0 bridgehead atoms. The molecule has 0 aliphatic carbocycles. The van der Waals surface area contributed by atoms with Crippen LogP contribution in [0.2, 0.25) is 0 Å². The van der Waals surface area contributed by atoms with Crippen LogP contribution in [0, 0.1) is 0 Å². The second-order valence-electron chi connectivity index (χ2n) is 6.27. The minimum atomic E-state index is -0.567. The molecule has 8 nitrogen and oxygen atoms in total. The molecule has 2 saturated heterocycles. The summed E-state index contributed by atoms with van der Waals surface area (Å²) in [6.45, 7) is 1.73. The Balaban J connectivity index is 1.45. The summed E-state index contributed by atoms with van der Waals surface area (Å²) in [5.74, 6) is 0.813. The van der Waals surface area contributed by atoms with E-state index in [1.54, 1.807) is 48.0 Å². The van der Waals surface area contributed by atoms with Gasteiger partial charge in [0.1, 0.15) is 17.5 Å². The molecule has 26 heavy (non-hydrogen) atoms. The van der Waals surface area contributed by atoms with Crippen molar-refractivity contribution in [3.63, 3.8) is 0 Å². The van der Waals surface area contributed by atoms with Crippen LogP contribution >= 0.6 is 11.8 Å². The number of nitrogens with zero attached hydrogens (tertiary/aromatic N) is 1. The van der Waals surface area contributed by atoms with Crippen LogP contribution in [0.25, 0.3) is 0 Å². The molecule has 2 N–H and O–H groups in total. The fourth-order valence-corrected chi connectivity index (χ4v) is 4.52. The highest BCUT2D eigenvalue weighted by atomic mass is 32.2. The van der Waals surface area contributed by atoms with Crippen LogP contribution in [0.5, 0.6) is 11.5 Å². The van der Waals surface area contributed by atoms with Crippen LogP contribution in [-0.2, 0) is 14.4 Å². The van der Waals surface area contributed by atoms with Crippen molar-refractivity contribution in [2.45, 2.75) is 30.7 Å². The van der Waals surface area contributed by atoms with Gasteiger partial charge in [-0.1, -0.05) is 0 Å². The Morgan fingerprint density at radius 2 is 1.96 bits per heavy atom. The molecular formula is C17H21N3O5S. The molecule has 2 atom stereocenters. The molecule has 0 aromatic heterocycles. The molecular weight excluding hydrogens is 358 g/mol. The first-order chi connectivity index (χ1) is 12.4. The fourth-order valence-electron chi connectivity index (χ4n) is 3.09. The van der Waals surface area contributed by atoms with Crippen molar-refractivity contribution in [2.75, 3.05) is 19.5 Å². The zero-order valence-electron chi connectivity index (χ0n) is 14.6. The van der Waals surface area contributed by atoms with Gasteiger partial charge in [0, 0.05) is 12.2 Å². The smallest absolute Gasteiger partial charge is 0.276 e. The monoisotopic (exact) mass is 379 g/mol. The van der Waals surface area contributed by atoms with Crippen molar-refractivity contribution in [1.29, 1.82) is 0 Å². The van der Waals surface area contributed by atoms with Crippen LogP contribution in [0.1, 0.15) is 19.8 Å². The number of hydrogen-bond donors (Lipinski definition) is 2. The van der Waals surface area contributed by atoms with E-state index < -0.39 is 17.9 Å². The average Bonchev–Trinajstić information content (AvgIpc) is 3.14. The van der Waals surface area contributed by atoms with Crippen LogP contribution in [0.4, 0.5) is 0 Å². The first kappa shape index (κ1) is 18.4. The topological polar surface area (TPSA) is 97.0 Å². The van der Waals surface area contributed by atoms with Gasteiger partial charge in [0.2, 0.25) is 5.91 Å². The number of hydrazine groups is 1. The Bertz CT molecular complexity index is 711. The molecule has 0 radical (unpaired) electrons. The van der Waals surface area contributed by atoms with E-state index in [0.29, 0.717) is 23.7 Å². The minimum absolute atomic E-state index is 0.0215. The summed E-state index contributed by atoms with van der Waals surface area (Å²) in [6.07, 6.45) is 1.19. The Morgan fingerprint density at radius 3 is 2.65 bits per heavy atom. The van der Waals surface area contributed by atoms with E-state index in [1.807, 2.05) is 6.92 Å². The number of carbonyl (C=O) groups excluding carboxylic acids is 3. The van der Waals surface area contributed by atoms with Crippen molar-refractivity contribution in [3.8, 4) is 11.5 Å². The van der Waals surface area contributed by atoms with Crippen molar-refractivity contribution in [1.82, 2.24) is 15.8 Å². The summed E-state index contributed by atoms with van der Waals surface area (Å²) in [5.41, 5.74) is 4.71. The summed E-state index contributed by atoms with van der Waals surface area (Å²) < 4.78 is 10.4. The van der Waals surface area contributed by atoms with Gasteiger partial charge in [-0.3, -0.25) is 25.2 Å². The third-order valence-corrected chi connectivity index (χ3v) is 6.01. The number of benzene rings is 1. The molecule has 3 rings (SSSR count). The number of amides is 3. The second kappa shape index (κ2) is 7.45. The van der Waals surface area contributed by atoms with Gasteiger partial charge in [-0.15, -0.1) is 11.8 Å². The van der Waals surface area contributed by atoms with Gasteiger partial charge in [-0.05, 0) is 37.6 Å². The standard InChI is InChI=1S/C17H21N3O5S/c1-17-8-7-15(22)20(17)13(10-26-17)16(23)19-18-14(21)9-25-12-5-3-11(24-2)4-6-12/h3-6,13H,7-10H2,1-2H3,(H,18,21)(H,19,23)/t13-,17-/m0/s1. The van der Waals surface area contributed by atoms with Crippen molar-refractivity contribution < 1.29 is 23.9 Å². The molecule has 1 aromatic rings. The van der Waals surface area contributed by atoms with E-state index in [0.717, 1.165) is 6.42 Å². The summed E-state index contributed by atoms with van der Waals surface area (Å²) >= 11 is 1.60. The van der Waals surface area contributed by atoms with Gasteiger partial charge in [0.05, 0.1) is 12.0 Å². The minimum Gasteiger partial charge on any atom is -0.497 e. The number of carbonyl (C=O) groups is 3. The van der Waals surface area contributed by atoms with E-state index in [1.165, 1.54) is 0 Å². The highest BCUT2D eigenvalue weighted by molar-refractivity contribution is 8.01. The molecule has 9 heteroatoms. The highest BCUT2D eigenvalue weighted by Crippen LogP contribution is 2.47. The largest absolute Gasteiger partial charge is 0.497 e. The molecule has 0 unspecified atom stereocenters. The average molecular weight is 379 g/mol. The third kappa shape index (κ3) is 3.72. The van der Waals surface area contributed by atoms with E-state index in [9.17, 15) is 14.4 Å². The Labute approximate surface area is 155 Å². The van der Waals surface area contributed by atoms with Gasteiger partial charge < -0.3 is 14.4 Å². The Kier molecular flexibility index (Phi) is 5.26. The van der Waals surface area contributed by atoms with Crippen LogP contribution in [0.3, 0.4) is 0 Å². The van der Waals surface area contributed by atoms with Gasteiger partial charge >= 0.3 is 0 Å². The predicted molar refractivity (Wildman–Crippen MR) is 95.5 cm³/mol. The molecule has 0 saturated carbocycles. The zero-order valence-corrected chi connectivity index (χ0v) is 15.4. The van der Waals surface area contributed by atoms with E-state index in [4.69, 9.17) is 9.47 Å². The van der Waals surface area contributed by atoms with Crippen LogP contribution in [-0.4, -0.2) is 53.0 Å². The molecule has 0 spiro atoms. The molecule has 2 aliphatic rings. The van der Waals surface area contributed by atoms with Crippen molar-refractivity contribution in [2.24, 2.45) is 0 Å². The lowest BCUT2D eigenvalue weighted by Gasteiger charge is -2.29. The molecule has 2 fully saturated rings. The summed E-state index contributed by atoms with van der Waals surface area (Å²) in [4.78, 5) is 37.5. The molecule has 140 valence electrons. The Hall–Kier alpha value is -2.42. The number of nitrogens with one attached hydrogen (secondary N) is 2. The molecule has 3 amide bonds. The lowest BCUT2D eigenvalue weighted by molar-refractivity contribution is -0.139. The first-order valence-electron chi connectivity index (χ1n) is 8.24. The molecule has 2 heterocycles. The first-order valence-corrected chi connectivity index (χ1v) is 9.23. The quantitative estimate of drug-likeness (QED) is 0.730. The number of rotatable bonds is 5. The number of hydrogen-bond acceptors (Lipinski definition) is 6. The van der Waals surface area contributed by atoms with Crippen LogP contribution < -0.4 is 20.3 Å². The third-order valence-electron chi connectivity index (χ3n) is 4.50. The maximum atomic E-state index is 12.3. The Morgan fingerprint density at radius 1 is 1.27 bits per heavy atom. The zero-order chi connectivity index (χ0) is 18.7. The lowest BCUT2D eigenvalue weighted by atomic mass is 10.2. The summed E-state index contributed by atoms with van der Waals surface area (Å²) in [7, 11) is 1.56. The lowest BCUT2D eigenvalue weighted by Crippen LogP contribution is -2.54. The highest BCUT2D eigenvalue weighted by Gasteiger charge is 2.52. The fraction of sp³-hybridized carbons (Fsp3) is 0.471. The van der Waals surface area contributed by atoms with Crippen molar-refractivity contribution >= 4 is 29.5 Å². The number of methoxy groups -OCH3 is 1. The predicted octanol–water partition coefficient (Wildman–Crippen LogP) is 0.675. The number of fused-ring (bicyclic) bond motifs is 1. The van der Waals surface area contributed by atoms with E-state index >= 15 is 0 Å². The van der Waals surface area contributed by atoms with Gasteiger partial charge in [0.15, 0.2) is 6.61 Å².